The number of nitro benzene ring substituents is 1. The molecule has 1 amide bonds. The first kappa shape index (κ1) is 21.5. The smallest absolute Gasteiger partial charge is 0.422 e. The largest absolute Gasteiger partial charge is 0.483 e. The highest BCUT2D eigenvalue weighted by Crippen LogP contribution is 2.25. The molecule has 2 aromatic rings. The highest BCUT2D eigenvalue weighted by molar-refractivity contribution is 5.94. The SMILES string of the molecule is Cc1ccc([N+](=O)[O-])cc1NC(=O)CNc1ccc(OCC(F)(F)F)c(C#N)c1. The van der Waals surface area contributed by atoms with Gasteiger partial charge in [-0.1, -0.05) is 6.07 Å². The Hall–Kier alpha value is -3.81. The van der Waals surface area contributed by atoms with Gasteiger partial charge in [-0.2, -0.15) is 18.4 Å². The van der Waals surface area contributed by atoms with Crippen molar-refractivity contribution >= 4 is 23.0 Å². The van der Waals surface area contributed by atoms with Crippen molar-refractivity contribution in [3.05, 3.63) is 57.6 Å². The van der Waals surface area contributed by atoms with Gasteiger partial charge < -0.3 is 15.4 Å². The molecular formula is C18H15F3N4O4. The summed E-state index contributed by atoms with van der Waals surface area (Å²) in [6.45, 7) is -0.0964. The summed E-state index contributed by atoms with van der Waals surface area (Å²) in [6, 6.07) is 9.57. The molecule has 0 aliphatic heterocycles. The van der Waals surface area contributed by atoms with Gasteiger partial charge in [0.25, 0.3) is 5.69 Å². The number of halogens is 3. The number of nitrogens with zero attached hydrogens (tertiary/aromatic N) is 2. The Morgan fingerprint density at radius 1 is 1.28 bits per heavy atom. The Balaban J connectivity index is 2.01. The maximum atomic E-state index is 12.2. The van der Waals surface area contributed by atoms with Gasteiger partial charge in [0.1, 0.15) is 11.8 Å². The van der Waals surface area contributed by atoms with E-state index in [1.54, 1.807) is 13.0 Å². The van der Waals surface area contributed by atoms with E-state index in [4.69, 9.17) is 5.26 Å². The molecule has 0 fully saturated rings. The molecular weight excluding hydrogens is 393 g/mol. The third-order valence-corrected chi connectivity index (χ3v) is 3.65. The molecule has 0 saturated carbocycles. The average Bonchev–Trinajstić information content (AvgIpc) is 2.65. The molecule has 0 saturated heterocycles. The third kappa shape index (κ3) is 6.39. The quantitative estimate of drug-likeness (QED) is 0.532. The molecule has 8 nitrogen and oxygen atoms in total. The number of amides is 1. The number of anilines is 2. The van der Waals surface area contributed by atoms with Gasteiger partial charge in [0.15, 0.2) is 6.61 Å². The van der Waals surface area contributed by atoms with Crippen molar-refractivity contribution in [3.63, 3.8) is 0 Å². The van der Waals surface area contributed by atoms with E-state index in [1.807, 2.05) is 0 Å². The molecule has 0 bridgehead atoms. The maximum absolute atomic E-state index is 12.2. The van der Waals surface area contributed by atoms with Gasteiger partial charge in [0.05, 0.1) is 22.7 Å². The van der Waals surface area contributed by atoms with E-state index < -0.39 is 23.6 Å². The predicted octanol–water partition coefficient (Wildman–Crippen LogP) is 3.77. The van der Waals surface area contributed by atoms with Crippen molar-refractivity contribution in [2.45, 2.75) is 13.1 Å². The van der Waals surface area contributed by atoms with E-state index in [9.17, 15) is 28.1 Å². The number of nitriles is 1. The van der Waals surface area contributed by atoms with E-state index in [0.717, 1.165) is 0 Å². The van der Waals surface area contributed by atoms with E-state index in [2.05, 4.69) is 15.4 Å². The number of carbonyl (C=O) groups excluding carboxylic acids is 1. The van der Waals surface area contributed by atoms with E-state index in [-0.39, 0.29) is 29.2 Å². The van der Waals surface area contributed by atoms with E-state index in [0.29, 0.717) is 11.3 Å². The predicted molar refractivity (Wildman–Crippen MR) is 97.7 cm³/mol. The van der Waals surface area contributed by atoms with Gasteiger partial charge >= 0.3 is 6.18 Å². The number of aryl methyl sites for hydroxylation is 1. The molecule has 0 aliphatic carbocycles. The Bertz CT molecular complexity index is 971. The maximum Gasteiger partial charge on any atom is 0.422 e. The molecule has 0 spiro atoms. The fourth-order valence-electron chi connectivity index (χ4n) is 2.25. The van der Waals surface area contributed by atoms with Crippen molar-refractivity contribution in [2.24, 2.45) is 0 Å². The second-order valence-electron chi connectivity index (χ2n) is 5.88. The first-order valence-corrected chi connectivity index (χ1v) is 8.11. The molecule has 0 unspecified atom stereocenters. The number of ether oxygens (including phenoxy) is 1. The molecule has 0 radical (unpaired) electrons. The monoisotopic (exact) mass is 408 g/mol. The number of hydrogen-bond acceptors (Lipinski definition) is 6. The van der Waals surface area contributed by atoms with Crippen LogP contribution in [-0.2, 0) is 4.79 Å². The van der Waals surface area contributed by atoms with Crippen molar-refractivity contribution < 1.29 is 27.6 Å². The molecule has 152 valence electrons. The van der Waals surface area contributed by atoms with Crippen LogP contribution in [0.5, 0.6) is 5.75 Å². The summed E-state index contributed by atoms with van der Waals surface area (Å²) < 4.78 is 41.3. The van der Waals surface area contributed by atoms with Crippen LogP contribution >= 0.6 is 0 Å². The first-order chi connectivity index (χ1) is 13.6. The molecule has 29 heavy (non-hydrogen) atoms. The second-order valence-corrected chi connectivity index (χ2v) is 5.88. The lowest BCUT2D eigenvalue weighted by Gasteiger charge is -2.13. The Morgan fingerprint density at radius 3 is 2.62 bits per heavy atom. The van der Waals surface area contributed by atoms with Crippen LogP contribution in [0, 0.1) is 28.4 Å². The van der Waals surface area contributed by atoms with Crippen LogP contribution in [-0.4, -0.2) is 30.2 Å². The van der Waals surface area contributed by atoms with Crippen LogP contribution in [0.25, 0.3) is 0 Å². The van der Waals surface area contributed by atoms with Crippen molar-refractivity contribution in [1.82, 2.24) is 0 Å². The highest BCUT2D eigenvalue weighted by atomic mass is 19.4. The van der Waals surface area contributed by atoms with Crippen LogP contribution in [0.3, 0.4) is 0 Å². The van der Waals surface area contributed by atoms with E-state index >= 15 is 0 Å². The van der Waals surface area contributed by atoms with Gasteiger partial charge in [-0.3, -0.25) is 14.9 Å². The number of hydrogen-bond donors (Lipinski definition) is 2. The number of nitro groups is 1. The van der Waals surface area contributed by atoms with Gasteiger partial charge in [-0.25, -0.2) is 0 Å². The number of benzene rings is 2. The fourth-order valence-corrected chi connectivity index (χ4v) is 2.25. The van der Waals surface area contributed by atoms with Gasteiger partial charge in [0.2, 0.25) is 5.91 Å². The van der Waals surface area contributed by atoms with Gasteiger partial charge in [-0.05, 0) is 30.7 Å². The van der Waals surface area contributed by atoms with Crippen LogP contribution in [0.2, 0.25) is 0 Å². The van der Waals surface area contributed by atoms with Crippen molar-refractivity contribution in [1.29, 1.82) is 5.26 Å². The number of alkyl halides is 3. The first-order valence-electron chi connectivity index (χ1n) is 8.11. The molecule has 0 aromatic heterocycles. The van der Waals surface area contributed by atoms with Crippen molar-refractivity contribution in [3.8, 4) is 11.8 Å². The normalized spacial score (nSPS) is 10.7. The van der Waals surface area contributed by atoms with E-state index in [1.165, 1.54) is 36.4 Å². The summed E-state index contributed by atoms with van der Waals surface area (Å²) in [5.41, 5.74) is 0.912. The number of non-ortho nitro benzene ring substituents is 1. The minimum atomic E-state index is -4.54. The fraction of sp³-hybridized carbons (Fsp3) is 0.222. The highest BCUT2D eigenvalue weighted by Gasteiger charge is 2.28. The minimum Gasteiger partial charge on any atom is -0.483 e. The summed E-state index contributed by atoms with van der Waals surface area (Å²) in [7, 11) is 0. The van der Waals surface area contributed by atoms with Gasteiger partial charge in [-0.15, -0.1) is 0 Å². The Labute approximate surface area is 163 Å². The number of carbonyl (C=O) groups is 1. The molecule has 0 heterocycles. The lowest BCUT2D eigenvalue weighted by Crippen LogP contribution is -2.22. The summed E-state index contributed by atoms with van der Waals surface area (Å²) in [5.74, 6) is -0.739. The zero-order valence-corrected chi connectivity index (χ0v) is 15.0. The molecule has 2 N–H and O–H groups in total. The second kappa shape index (κ2) is 8.92. The Morgan fingerprint density at radius 2 is 2.00 bits per heavy atom. The summed E-state index contributed by atoms with van der Waals surface area (Å²) in [6.07, 6.45) is -4.54. The van der Waals surface area contributed by atoms with Crippen LogP contribution < -0.4 is 15.4 Å². The molecule has 2 aromatic carbocycles. The Kier molecular flexibility index (Phi) is 6.61. The standard InChI is InChI=1S/C18H15F3N4O4/c1-11-2-4-14(25(27)28)7-15(11)24-17(26)9-23-13-3-5-16(12(6-13)8-22)29-10-18(19,20)21/h2-7,23H,9-10H2,1H3,(H,24,26). The third-order valence-electron chi connectivity index (χ3n) is 3.65. The van der Waals surface area contributed by atoms with Crippen molar-refractivity contribution in [2.75, 3.05) is 23.8 Å². The summed E-state index contributed by atoms with van der Waals surface area (Å²) >= 11 is 0. The molecule has 11 heteroatoms. The zero-order chi connectivity index (χ0) is 21.6. The van der Waals surface area contributed by atoms with Gasteiger partial charge in [0, 0.05) is 17.8 Å². The summed E-state index contributed by atoms with van der Waals surface area (Å²) in [5, 5.41) is 25.2. The number of rotatable bonds is 7. The minimum absolute atomic E-state index is 0.130. The molecule has 0 atom stereocenters. The molecule has 2 rings (SSSR count). The van der Waals surface area contributed by atoms with Crippen LogP contribution in [0.15, 0.2) is 36.4 Å². The zero-order valence-electron chi connectivity index (χ0n) is 15.0. The summed E-state index contributed by atoms with van der Waals surface area (Å²) in [4.78, 5) is 22.3. The average molecular weight is 408 g/mol. The number of nitrogens with one attached hydrogen (secondary N) is 2. The lowest BCUT2D eigenvalue weighted by molar-refractivity contribution is -0.384. The molecule has 0 aliphatic rings. The van der Waals surface area contributed by atoms with Crippen LogP contribution in [0.4, 0.5) is 30.2 Å². The van der Waals surface area contributed by atoms with Crippen LogP contribution in [0.1, 0.15) is 11.1 Å². The topological polar surface area (TPSA) is 117 Å². The lowest BCUT2D eigenvalue weighted by atomic mass is 10.2.